The van der Waals surface area contributed by atoms with Gasteiger partial charge in [-0.15, -0.1) is 0 Å². The van der Waals surface area contributed by atoms with Crippen LogP contribution in [0.1, 0.15) is 18.1 Å². The van der Waals surface area contributed by atoms with Gasteiger partial charge in [0.25, 0.3) is 0 Å². The molecule has 0 saturated carbocycles. The molecule has 1 N–H and O–H groups in total. The molecule has 0 fully saturated rings. The van der Waals surface area contributed by atoms with Crippen molar-refractivity contribution in [3.63, 3.8) is 0 Å². The zero-order valence-corrected chi connectivity index (χ0v) is 12.9. The molecule has 0 radical (unpaired) electrons. The van der Waals surface area contributed by atoms with Gasteiger partial charge in [-0.25, -0.2) is 0 Å². The van der Waals surface area contributed by atoms with E-state index in [1.807, 2.05) is 31.2 Å². The van der Waals surface area contributed by atoms with Crippen LogP contribution in [0.4, 0.5) is 11.4 Å². The number of aromatic hydroxyl groups is 1. The van der Waals surface area contributed by atoms with Crippen molar-refractivity contribution < 1.29 is 10.0 Å². The maximum atomic E-state index is 10.9. The summed E-state index contributed by atoms with van der Waals surface area (Å²) in [7, 11) is 0. The molecule has 0 spiro atoms. The Morgan fingerprint density at radius 3 is 2.81 bits per heavy atom. The first kappa shape index (κ1) is 15.2. The van der Waals surface area contributed by atoms with E-state index in [4.69, 9.17) is 0 Å². The Hall–Kier alpha value is -2.21. The van der Waals surface area contributed by atoms with E-state index in [9.17, 15) is 15.2 Å². The van der Waals surface area contributed by atoms with Gasteiger partial charge in [0, 0.05) is 22.3 Å². The molecule has 0 unspecified atom stereocenters. The van der Waals surface area contributed by atoms with Gasteiger partial charge in [-0.3, -0.25) is 15.1 Å². The van der Waals surface area contributed by atoms with E-state index in [2.05, 4.69) is 20.9 Å². The van der Waals surface area contributed by atoms with Crippen LogP contribution in [0.25, 0.3) is 0 Å². The van der Waals surface area contributed by atoms with Crippen molar-refractivity contribution in [3.05, 3.63) is 62.1 Å². The topological polar surface area (TPSA) is 75.7 Å². The smallest absolute Gasteiger partial charge is 0.312 e. The standard InChI is InChI=1S/C15H13BrN2O3/c1-2-10-4-3-5-13(6-10)17-9-11-7-12(16)8-14(15(11)19)18(20)21/h3-9,19H,2H2,1H3. The number of phenols is 1. The van der Waals surface area contributed by atoms with Crippen LogP contribution in [0.15, 0.2) is 45.9 Å². The van der Waals surface area contributed by atoms with Gasteiger partial charge in [0.05, 0.1) is 10.6 Å². The Kier molecular flexibility index (Phi) is 4.70. The summed E-state index contributed by atoms with van der Waals surface area (Å²) in [5, 5.41) is 20.8. The largest absolute Gasteiger partial charge is 0.502 e. The minimum Gasteiger partial charge on any atom is -0.502 e. The number of hydrogen-bond acceptors (Lipinski definition) is 4. The molecule has 0 aliphatic carbocycles. The Bertz CT molecular complexity index is 714. The summed E-state index contributed by atoms with van der Waals surface area (Å²) < 4.78 is 0.510. The number of nitro groups is 1. The van der Waals surface area contributed by atoms with Gasteiger partial charge in [0.15, 0.2) is 0 Å². The van der Waals surface area contributed by atoms with Crippen molar-refractivity contribution in [3.8, 4) is 5.75 Å². The predicted molar refractivity (Wildman–Crippen MR) is 85.5 cm³/mol. The Morgan fingerprint density at radius 1 is 1.38 bits per heavy atom. The molecule has 2 rings (SSSR count). The van der Waals surface area contributed by atoms with E-state index in [1.54, 1.807) is 6.07 Å². The summed E-state index contributed by atoms with van der Waals surface area (Å²) in [6.07, 6.45) is 2.32. The molecule has 0 saturated heterocycles. The Labute approximate surface area is 130 Å². The predicted octanol–water partition coefficient (Wildman–Crippen LogP) is 4.38. The van der Waals surface area contributed by atoms with Crippen molar-refractivity contribution in [2.75, 3.05) is 0 Å². The van der Waals surface area contributed by atoms with Crippen LogP contribution >= 0.6 is 15.9 Å². The first-order valence-electron chi connectivity index (χ1n) is 6.31. The lowest BCUT2D eigenvalue weighted by Crippen LogP contribution is -1.92. The van der Waals surface area contributed by atoms with Crippen LogP contribution in [0, 0.1) is 10.1 Å². The molecule has 0 atom stereocenters. The number of rotatable bonds is 4. The van der Waals surface area contributed by atoms with Crippen LogP contribution in [-0.4, -0.2) is 16.2 Å². The average molecular weight is 349 g/mol. The molecule has 108 valence electrons. The van der Waals surface area contributed by atoms with Crippen LogP contribution in [0.2, 0.25) is 0 Å². The fourth-order valence-electron chi connectivity index (χ4n) is 1.84. The van der Waals surface area contributed by atoms with Gasteiger partial charge in [0.2, 0.25) is 5.75 Å². The molecule has 0 aromatic heterocycles. The van der Waals surface area contributed by atoms with Gasteiger partial charge in [0.1, 0.15) is 0 Å². The van der Waals surface area contributed by atoms with Crippen LogP contribution in [0.3, 0.4) is 0 Å². The summed E-state index contributed by atoms with van der Waals surface area (Å²) in [6.45, 7) is 2.05. The SMILES string of the molecule is CCc1cccc(N=Cc2cc(Br)cc([N+](=O)[O-])c2O)c1. The molecule has 21 heavy (non-hydrogen) atoms. The van der Waals surface area contributed by atoms with Gasteiger partial charge < -0.3 is 5.11 Å². The lowest BCUT2D eigenvalue weighted by atomic mass is 10.1. The third kappa shape index (κ3) is 3.66. The second-order valence-corrected chi connectivity index (χ2v) is 5.32. The average Bonchev–Trinajstić information content (AvgIpc) is 2.47. The fourth-order valence-corrected chi connectivity index (χ4v) is 2.31. The van der Waals surface area contributed by atoms with E-state index in [-0.39, 0.29) is 11.3 Å². The van der Waals surface area contributed by atoms with E-state index in [0.29, 0.717) is 4.47 Å². The molecular weight excluding hydrogens is 336 g/mol. The highest BCUT2D eigenvalue weighted by molar-refractivity contribution is 9.10. The molecule has 6 heteroatoms. The lowest BCUT2D eigenvalue weighted by molar-refractivity contribution is -0.385. The van der Waals surface area contributed by atoms with Gasteiger partial charge in [-0.1, -0.05) is 35.0 Å². The highest BCUT2D eigenvalue weighted by Gasteiger charge is 2.17. The lowest BCUT2D eigenvalue weighted by Gasteiger charge is -2.02. The van der Waals surface area contributed by atoms with Gasteiger partial charge in [-0.05, 0) is 30.2 Å². The van der Waals surface area contributed by atoms with Crippen LogP contribution in [0.5, 0.6) is 5.75 Å². The first-order valence-corrected chi connectivity index (χ1v) is 7.10. The fraction of sp³-hybridized carbons (Fsp3) is 0.133. The first-order chi connectivity index (χ1) is 10.0. The number of hydrogen-bond donors (Lipinski definition) is 1. The second-order valence-electron chi connectivity index (χ2n) is 4.40. The molecule has 0 amide bonds. The maximum Gasteiger partial charge on any atom is 0.312 e. The number of aryl methyl sites for hydroxylation is 1. The van der Waals surface area contributed by atoms with Crippen molar-refractivity contribution in [1.29, 1.82) is 0 Å². The number of phenolic OH excluding ortho intramolecular Hbond substituents is 1. The molecule has 0 aliphatic rings. The summed E-state index contributed by atoms with van der Waals surface area (Å²) in [5.74, 6) is -0.390. The summed E-state index contributed by atoms with van der Waals surface area (Å²) >= 11 is 3.19. The van der Waals surface area contributed by atoms with Crippen molar-refractivity contribution in [2.24, 2.45) is 4.99 Å². The van der Waals surface area contributed by atoms with Crippen LogP contribution in [-0.2, 0) is 6.42 Å². The second kappa shape index (κ2) is 6.49. The number of nitro benzene ring substituents is 1. The summed E-state index contributed by atoms with van der Waals surface area (Å²) in [4.78, 5) is 14.5. The maximum absolute atomic E-state index is 10.9. The Morgan fingerprint density at radius 2 is 2.14 bits per heavy atom. The highest BCUT2D eigenvalue weighted by atomic mass is 79.9. The number of halogens is 1. The molecule has 0 aliphatic heterocycles. The third-order valence-corrected chi connectivity index (χ3v) is 3.41. The highest BCUT2D eigenvalue weighted by Crippen LogP contribution is 2.32. The zero-order chi connectivity index (χ0) is 15.4. The molecule has 2 aromatic rings. The normalized spacial score (nSPS) is 11.0. The number of aliphatic imine (C=N–C) groups is 1. The number of nitrogens with zero attached hydrogens (tertiary/aromatic N) is 2. The van der Waals surface area contributed by atoms with Crippen molar-refractivity contribution in [1.82, 2.24) is 0 Å². The molecule has 0 heterocycles. The molecule has 5 nitrogen and oxygen atoms in total. The quantitative estimate of drug-likeness (QED) is 0.506. The van der Waals surface area contributed by atoms with E-state index >= 15 is 0 Å². The number of benzene rings is 2. The summed E-state index contributed by atoms with van der Waals surface area (Å²) in [5.41, 5.74) is 1.82. The van der Waals surface area contributed by atoms with Gasteiger partial charge in [-0.2, -0.15) is 0 Å². The Balaban J connectivity index is 2.38. The summed E-state index contributed by atoms with van der Waals surface area (Å²) in [6, 6.07) is 10.5. The molecular formula is C15H13BrN2O3. The monoisotopic (exact) mass is 348 g/mol. The van der Waals surface area contributed by atoms with Gasteiger partial charge >= 0.3 is 5.69 Å². The van der Waals surface area contributed by atoms with Crippen molar-refractivity contribution >= 4 is 33.5 Å². The minimum atomic E-state index is -0.630. The third-order valence-electron chi connectivity index (χ3n) is 2.95. The molecule has 0 bridgehead atoms. The molecule has 2 aromatic carbocycles. The van der Waals surface area contributed by atoms with Crippen LogP contribution < -0.4 is 0 Å². The van der Waals surface area contributed by atoms with E-state index in [0.717, 1.165) is 17.7 Å². The van der Waals surface area contributed by atoms with Crippen molar-refractivity contribution in [2.45, 2.75) is 13.3 Å². The minimum absolute atomic E-state index is 0.290. The zero-order valence-electron chi connectivity index (χ0n) is 11.3. The van der Waals surface area contributed by atoms with E-state index < -0.39 is 10.7 Å². The van der Waals surface area contributed by atoms with E-state index in [1.165, 1.54) is 12.3 Å².